The molecule has 2 rings (SSSR count). The Morgan fingerprint density at radius 1 is 1.64 bits per heavy atom. The van der Waals surface area contributed by atoms with Crippen molar-refractivity contribution in [3.63, 3.8) is 0 Å². The maximum atomic E-state index is 4.21. The van der Waals surface area contributed by atoms with Gasteiger partial charge in [-0.25, -0.2) is 4.98 Å². The second kappa shape index (κ2) is 3.73. The molecule has 0 saturated heterocycles. The predicted molar refractivity (Wildman–Crippen MR) is 53.9 cm³/mol. The Labute approximate surface area is 85.1 Å². The number of fused-ring (bicyclic) bond motifs is 1. The predicted octanol–water partition coefficient (Wildman–Crippen LogP) is 1.01. The van der Waals surface area contributed by atoms with Gasteiger partial charge in [0.2, 0.25) is 0 Å². The van der Waals surface area contributed by atoms with E-state index in [2.05, 4.69) is 37.5 Å². The Hall–Kier alpha value is 0.190. The first-order valence-electron chi connectivity index (χ1n) is 3.28. The molecule has 1 aliphatic heterocycles. The molecule has 2 heterocycles. The van der Waals surface area contributed by atoms with Gasteiger partial charge in [-0.2, -0.15) is 0 Å². The summed E-state index contributed by atoms with van der Waals surface area (Å²) in [5.74, 6) is 0. The van der Waals surface area contributed by atoms with Crippen LogP contribution >= 0.6 is 35.0 Å². The van der Waals surface area contributed by atoms with Gasteiger partial charge in [0.05, 0.1) is 11.9 Å². The molecule has 1 aromatic rings. The number of aromatic nitrogens is 2. The van der Waals surface area contributed by atoms with E-state index in [-0.39, 0.29) is 12.4 Å². The number of hydrogen-bond donors (Lipinski definition) is 1. The smallest absolute Gasteiger partial charge is 0.171 e. The largest absolute Gasteiger partial charge is 0.321 e. The van der Waals surface area contributed by atoms with Gasteiger partial charge in [0.15, 0.2) is 3.83 Å². The number of nitrogens with zero attached hydrogens (tertiary/aromatic N) is 2. The average molecular weight is 286 g/mol. The molecule has 0 saturated carbocycles. The first-order valence-corrected chi connectivity index (χ1v) is 4.36. The fourth-order valence-corrected chi connectivity index (χ4v) is 1.86. The first-order chi connectivity index (χ1) is 4.88. The van der Waals surface area contributed by atoms with Crippen LogP contribution in [-0.4, -0.2) is 16.1 Å². The van der Waals surface area contributed by atoms with Gasteiger partial charge in [-0.1, -0.05) is 0 Å². The first kappa shape index (κ1) is 9.28. The molecule has 5 heteroatoms. The number of rotatable bonds is 0. The fourth-order valence-electron chi connectivity index (χ4n) is 1.17. The molecule has 11 heavy (non-hydrogen) atoms. The normalized spacial score (nSPS) is 15.4. The van der Waals surface area contributed by atoms with Crippen LogP contribution in [0, 0.1) is 3.83 Å². The van der Waals surface area contributed by atoms with Crippen LogP contribution < -0.4 is 5.32 Å². The summed E-state index contributed by atoms with van der Waals surface area (Å²) < 4.78 is 3.35. The van der Waals surface area contributed by atoms with Crippen molar-refractivity contribution in [2.75, 3.05) is 6.54 Å². The molecule has 0 spiro atoms. The van der Waals surface area contributed by atoms with Crippen LogP contribution in [0.2, 0.25) is 0 Å². The third kappa shape index (κ3) is 1.68. The van der Waals surface area contributed by atoms with Gasteiger partial charge in [-0.3, -0.25) is 0 Å². The standard InChI is InChI=1S/C6H8IN3.ClH/c7-6-9-4-5-3-8-1-2-10(5)6;/h4,8H,1-3H2;1H. The quantitative estimate of drug-likeness (QED) is 0.721. The third-order valence-corrected chi connectivity index (χ3v) is 2.57. The number of imidazole rings is 1. The molecule has 0 fully saturated rings. The number of hydrogen-bond acceptors (Lipinski definition) is 2. The lowest BCUT2D eigenvalue weighted by atomic mass is 10.4. The van der Waals surface area contributed by atoms with E-state index < -0.39 is 0 Å². The van der Waals surface area contributed by atoms with E-state index in [0.717, 1.165) is 23.5 Å². The van der Waals surface area contributed by atoms with Crippen molar-refractivity contribution in [3.8, 4) is 0 Å². The zero-order valence-electron chi connectivity index (χ0n) is 5.88. The Kier molecular flexibility index (Phi) is 3.15. The highest BCUT2D eigenvalue weighted by atomic mass is 127. The van der Waals surface area contributed by atoms with Crippen LogP contribution in [0.25, 0.3) is 0 Å². The Morgan fingerprint density at radius 3 is 3.18 bits per heavy atom. The van der Waals surface area contributed by atoms with E-state index >= 15 is 0 Å². The van der Waals surface area contributed by atoms with Crippen molar-refractivity contribution in [2.45, 2.75) is 13.1 Å². The summed E-state index contributed by atoms with van der Waals surface area (Å²) in [6.07, 6.45) is 1.94. The van der Waals surface area contributed by atoms with Crippen molar-refractivity contribution in [2.24, 2.45) is 0 Å². The molecule has 3 nitrogen and oxygen atoms in total. The van der Waals surface area contributed by atoms with Gasteiger partial charge in [0.25, 0.3) is 0 Å². The molecular formula is C6H9ClIN3. The fraction of sp³-hybridized carbons (Fsp3) is 0.500. The van der Waals surface area contributed by atoms with E-state index in [0.29, 0.717) is 0 Å². The highest BCUT2D eigenvalue weighted by Crippen LogP contribution is 2.09. The van der Waals surface area contributed by atoms with Crippen LogP contribution in [0.15, 0.2) is 6.20 Å². The maximum absolute atomic E-state index is 4.21. The lowest BCUT2D eigenvalue weighted by molar-refractivity contribution is 0.508. The summed E-state index contributed by atoms with van der Waals surface area (Å²) in [6, 6.07) is 0. The van der Waals surface area contributed by atoms with Crippen molar-refractivity contribution >= 4 is 35.0 Å². The second-order valence-electron chi connectivity index (χ2n) is 2.35. The zero-order valence-corrected chi connectivity index (χ0v) is 8.85. The minimum atomic E-state index is 0. The lowest BCUT2D eigenvalue weighted by Crippen LogP contribution is -2.28. The van der Waals surface area contributed by atoms with Crippen LogP contribution in [0.1, 0.15) is 5.69 Å². The maximum Gasteiger partial charge on any atom is 0.171 e. The van der Waals surface area contributed by atoms with Gasteiger partial charge in [-0.05, 0) is 22.6 Å². The van der Waals surface area contributed by atoms with Gasteiger partial charge in [-0.15, -0.1) is 12.4 Å². The van der Waals surface area contributed by atoms with Crippen LogP contribution in [0.5, 0.6) is 0 Å². The Bertz CT molecular complexity index is 248. The molecule has 0 aliphatic carbocycles. The Morgan fingerprint density at radius 2 is 2.45 bits per heavy atom. The van der Waals surface area contributed by atoms with Crippen LogP contribution in [-0.2, 0) is 13.1 Å². The highest BCUT2D eigenvalue weighted by Gasteiger charge is 2.10. The van der Waals surface area contributed by atoms with Gasteiger partial charge in [0.1, 0.15) is 0 Å². The van der Waals surface area contributed by atoms with Crippen molar-refractivity contribution < 1.29 is 0 Å². The van der Waals surface area contributed by atoms with E-state index in [4.69, 9.17) is 0 Å². The molecule has 0 aromatic carbocycles. The highest BCUT2D eigenvalue weighted by molar-refractivity contribution is 14.1. The molecule has 0 unspecified atom stereocenters. The summed E-state index contributed by atoms with van der Waals surface area (Å²) in [5, 5.41) is 3.29. The lowest BCUT2D eigenvalue weighted by Gasteiger charge is -2.15. The molecular weight excluding hydrogens is 276 g/mol. The molecule has 0 amide bonds. The molecule has 0 radical (unpaired) electrons. The minimum absolute atomic E-state index is 0. The summed E-state index contributed by atoms with van der Waals surface area (Å²) in [5.41, 5.74) is 1.30. The summed E-state index contributed by atoms with van der Waals surface area (Å²) in [4.78, 5) is 4.21. The molecule has 62 valence electrons. The Balaban J connectivity index is 0.000000605. The minimum Gasteiger partial charge on any atom is -0.321 e. The van der Waals surface area contributed by atoms with Gasteiger partial charge >= 0.3 is 0 Å². The monoisotopic (exact) mass is 285 g/mol. The number of halogens is 2. The van der Waals surface area contributed by atoms with Crippen molar-refractivity contribution in [1.82, 2.24) is 14.9 Å². The van der Waals surface area contributed by atoms with Gasteiger partial charge in [0, 0.05) is 19.6 Å². The van der Waals surface area contributed by atoms with E-state index in [1.165, 1.54) is 5.69 Å². The van der Waals surface area contributed by atoms with Crippen LogP contribution in [0.3, 0.4) is 0 Å². The molecule has 0 bridgehead atoms. The molecule has 0 atom stereocenters. The second-order valence-corrected chi connectivity index (χ2v) is 3.31. The summed E-state index contributed by atoms with van der Waals surface area (Å²) >= 11 is 2.26. The molecule has 1 N–H and O–H groups in total. The van der Waals surface area contributed by atoms with Crippen molar-refractivity contribution in [3.05, 3.63) is 15.7 Å². The number of nitrogens with one attached hydrogen (secondary N) is 1. The third-order valence-electron chi connectivity index (χ3n) is 1.71. The van der Waals surface area contributed by atoms with E-state index in [1.54, 1.807) is 0 Å². The van der Waals surface area contributed by atoms with Gasteiger partial charge < -0.3 is 9.88 Å². The summed E-state index contributed by atoms with van der Waals surface area (Å²) in [6.45, 7) is 3.10. The van der Waals surface area contributed by atoms with E-state index in [9.17, 15) is 0 Å². The zero-order chi connectivity index (χ0) is 6.97. The average Bonchev–Trinajstić information content (AvgIpc) is 2.34. The van der Waals surface area contributed by atoms with Crippen molar-refractivity contribution in [1.29, 1.82) is 0 Å². The van der Waals surface area contributed by atoms with Crippen LogP contribution in [0.4, 0.5) is 0 Å². The summed E-state index contributed by atoms with van der Waals surface area (Å²) in [7, 11) is 0. The SMILES string of the molecule is Cl.Ic1ncc2n1CCNC2. The molecule has 1 aromatic heterocycles. The van der Waals surface area contributed by atoms with E-state index in [1.807, 2.05) is 6.20 Å². The molecule has 1 aliphatic rings. The topological polar surface area (TPSA) is 29.9 Å².